The molecule has 8 heteroatoms. The van der Waals surface area contributed by atoms with Gasteiger partial charge in [-0.15, -0.1) is 11.3 Å². The molecule has 2 aliphatic rings. The van der Waals surface area contributed by atoms with E-state index >= 15 is 0 Å². The highest BCUT2D eigenvalue weighted by atomic mass is 32.2. The first-order chi connectivity index (χ1) is 10.5. The van der Waals surface area contributed by atoms with Gasteiger partial charge in [0, 0.05) is 18.5 Å². The van der Waals surface area contributed by atoms with Gasteiger partial charge in [-0.3, -0.25) is 0 Å². The number of amides is 2. The van der Waals surface area contributed by atoms with Crippen LogP contribution in [-0.2, 0) is 9.84 Å². The number of aromatic nitrogens is 1. The molecule has 3 rings (SSSR count). The molecule has 0 aliphatic carbocycles. The fourth-order valence-electron chi connectivity index (χ4n) is 3.24. The summed E-state index contributed by atoms with van der Waals surface area (Å²) in [4.78, 5) is 18.7. The summed E-state index contributed by atoms with van der Waals surface area (Å²) in [7, 11) is -3.01. The molecule has 2 aliphatic heterocycles. The van der Waals surface area contributed by atoms with E-state index in [0.29, 0.717) is 19.4 Å². The number of aryl methyl sites for hydroxylation is 1. The van der Waals surface area contributed by atoms with E-state index in [1.54, 1.807) is 16.2 Å². The minimum atomic E-state index is -3.01. The van der Waals surface area contributed by atoms with Gasteiger partial charge in [-0.2, -0.15) is 0 Å². The second kappa shape index (κ2) is 6.16. The number of hydrogen-bond donors (Lipinski definition) is 1. The first kappa shape index (κ1) is 15.7. The zero-order valence-corrected chi connectivity index (χ0v) is 14.3. The summed E-state index contributed by atoms with van der Waals surface area (Å²) in [6.07, 6.45) is 3.22. The van der Waals surface area contributed by atoms with Gasteiger partial charge in [-0.1, -0.05) is 0 Å². The fourth-order valence-corrected chi connectivity index (χ4v) is 5.67. The summed E-state index contributed by atoms with van der Waals surface area (Å²) < 4.78 is 23.6. The molecule has 1 unspecified atom stereocenters. The van der Waals surface area contributed by atoms with E-state index in [4.69, 9.17) is 0 Å². The zero-order valence-electron chi connectivity index (χ0n) is 12.6. The van der Waals surface area contributed by atoms with Gasteiger partial charge in [0.05, 0.1) is 27.7 Å². The number of urea groups is 1. The quantitative estimate of drug-likeness (QED) is 0.909. The molecule has 122 valence electrons. The Balaban J connectivity index is 1.62. The Morgan fingerprint density at radius 3 is 2.91 bits per heavy atom. The highest BCUT2D eigenvalue weighted by molar-refractivity contribution is 7.92. The van der Waals surface area contributed by atoms with Crippen LogP contribution in [0.15, 0.2) is 5.38 Å². The lowest BCUT2D eigenvalue weighted by Crippen LogP contribution is -2.43. The molecule has 1 aromatic heterocycles. The van der Waals surface area contributed by atoms with Gasteiger partial charge in [-0.25, -0.2) is 18.2 Å². The lowest BCUT2D eigenvalue weighted by Gasteiger charge is -2.24. The van der Waals surface area contributed by atoms with Gasteiger partial charge in [-0.05, 0) is 32.6 Å². The van der Waals surface area contributed by atoms with E-state index in [1.807, 2.05) is 12.3 Å². The van der Waals surface area contributed by atoms with Gasteiger partial charge in [0.15, 0.2) is 9.84 Å². The second-order valence-corrected chi connectivity index (χ2v) is 9.42. The summed E-state index contributed by atoms with van der Waals surface area (Å²) in [5.41, 5.74) is 0.948. The summed E-state index contributed by atoms with van der Waals surface area (Å²) in [5, 5.41) is 5.40. The molecule has 1 aromatic rings. The lowest BCUT2D eigenvalue weighted by molar-refractivity contribution is 0.192. The summed E-state index contributed by atoms with van der Waals surface area (Å²) >= 11 is 1.59. The average molecular weight is 343 g/mol. The molecule has 0 saturated carbocycles. The Bertz CT molecular complexity index is 656. The maximum Gasteiger partial charge on any atom is 0.318 e. The van der Waals surface area contributed by atoms with Crippen LogP contribution < -0.4 is 5.32 Å². The van der Waals surface area contributed by atoms with Crippen LogP contribution in [0.3, 0.4) is 0 Å². The van der Waals surface area contributed by atoms with Gasteiger partial charge in [0.2, 0.25) is 0 Å². The topological polar surface area (TPSA) is 79.4 Å². The number of likely N-dealkylation sites (tertiary alicyclic amines) is 1. The van der Waals surface area contributed by atoms with Crippen molar-refractivity contribution in [2.45, 2.75) is 43.9 Å². The number of rotatable bonds is 3. The Morgan fingerprint density at radius 2 is 2.27 bits per heavy atom. The average Bonchev–Trinajstić information content (AvgIpc) is 3.15. The van der Waals surface area contributed by atoms with Crippen LogP contribution in [0, 0.1) is 6.92 Å². The first-order valence-corrected chi connectivity index (χ1v) is 10.2. The van der Waals surface area contributed by atoms with Crippen LogP contribution in [0.1, 0.15) is 42.4 Å². The van der Waals surface area contributed by atoms with E-state index < -0.39 is 15.1 Å². The highest BCUT2D eigenvalue weighted by Crippen LogP contribution is 2.32. The number of nitrogens with one attached hydrogen (secondary N) is 1. The maximum absolute atomic E-state index is 12.4. The Hall–Kier alpha value is -1.15. The Kier molecular flexibility index (Phi) is 4.40. The van der Waals surface area contributed by atoms with Crippen LogP contribution in [0.25, 0.3) is 0 Å². The number of nitrogens with zero attached hydrogens (tertiary/aromatic N) is 2. The largest absolute Gasteiger partial charge is 0.337 e. The van der Waals surface area contributed by atoms with E-state index in [-0.39, 0.29) is 24.4 Å². The predicted molar refractivity (Wildman–Crippen MR) is 85.7 cm³/mol. The number of carbonyl (C=O) groups is 1. The molecule has 1 N–H and O–H groups in total. The van der Waals surface area contributed by atoms with Crippen LogP contribution in [0.5, 0.6) is 0 Å². The van der Waals surface area contributed by atoms with Crippen molar-refractivity contribution in [1.82, 2.24) is 15.2 Å². The van der Waals surface area contributed by atoms with E-state index in [0.717, 1.165) is 23.5 Å². The Morgan fingerprint density at radius 1 is 1.45 bits per heavy atom. The van der Waals surface area contributed by atoms with Crippen molar-refractivity contribution in [1.29, 1.82) is 0 Å². The zero-order chi connectivity index (χ0) is 15.7. The van der Waals surface area contributed by atoms with Crippen molar-refractivity contribution < 1.29 is 13.2 Å². The van der Waals surface area contributed by atoms with E-state index in [2.05, 4.69) is 10.3 Å². The molecular weight excluding hydrogens is 322 g/mol. The molecule has 0 spiro atoms. The third-order valence-corrected chi connectivity index (χ3v) is 7.50. The summed E-state index contributed by atoms with van der Waals surface area (Å²) in [5.74, 6) is 0.248. The minimum absolute atomic E-state index is 0.0186. The van der Waals surface area contributed by atoms with Crippen molar-refractivity contribution >= 4 is 27.2 Å². The first-order valence-electron chi connectivity index (χ1n) is 7.65. The lowest BCUT2D eigenvalue weighted by atomic mass is 10.2. The van der Waals surface area contributed by atoms with Gasteiger partial charge < -0.3 is 10.2 Å². The molecule has 0 bridgehead atoms. The monoisotopic (exact) mass is 343 g/mol. The summed E-state index contributed by atoms with van der Waals surface area (Å²) in [6, 6.07) is -0.152. The normalized spacial score (nSPS) is 27.2. The van der Waals surface area contributed by atoms with Gasteiger partial charge in [0.1, 0.15) is 0 Å². The molecule has 0 aromatic carbocycles. The smallest absolute Gasteiger partial charge is 0.318 e. The third-order valence-electron chi connectivity index (χ3n) is 4.44. The maximum atomic E-state index is 12.4. The van der Waals surface area contributed by atoms with Crippen molar-refractivity contribution in [3.63, 3.8) is 0 Å². The number of thiazole rings is 1. The standard InChI is InChI=1S/C14H21N3O3S2/c1-10-16-12(9-21-10)13-5-2-6-17(13)14(18)15-8-11-4-3-7-22(11,19)20/h9,11,13H,2-8H2,1H3,(H,15,18)/t11?,13-/m1/s1. The van der Waals surface area contributed by atoms with Crippen LogP contribution in [0.2, 0.25) is 0 Å². The fraction of sp³-hybridized carbons (Fsp3) is 0.714. The molecule has 2 atom stereocenters. The third kappa shape index (κ3) is 3.12. The Labute approximate surface area is 134 Å². The number of sulfone groups is 1. The van der Waals surface area contributed by atoms with Crippen LogP contribution in [-0.4, -0.2) is 48.4 Å². The molecule has 3 heterocycles. The van der Waals surface area contributed by atoms with E-state index in [1.165, 1.54) is 0 Å². The summed E-state index contributed by atoms with van der Waals surface area (Å²) in [6.45, 7) is 2.88. The molecule has 22 heavy (non-hydrogen) atoms. The van der Waals surface area contributed by atoms with E-state index in [9.17, 15) is 13.2 Å². The highest BCUT2D eigenvalue weighted by Gasteiger charge is 2.34. The number of hydrogen-bond acceptors (Lipinski definition) is 5. The van der Waals surface area contributed by atoms with Gasteiger partial charge >= 0.3 is 6.03 Å². The molecule has 6 nitrogen and oxygen atoms in total. The minimum Gasteiger partial charge on any atom is -0.337 e. The van der Waals surface area contributed by atoms with Crippen molar-refractivity contribution in [2.24, 2.45) is 0 Å². The molecular formula is C14H21N3O3S2. The molecule has 2 fully saturated rings. The second-order valence-electron chi connectivity index (χ2n) is 5.96. The SMILES string of the molecule is Cc1nc([C@H]2CCCN2C(=O)NCC2CCCS2(=O)=O)cs1. The van der Waals surface area contributed by atoms with Crippen molar-refractivity contribution in [2.75, 3.05) is 18.8 Å². The van der Waals surface area contributed by atoms with Crippen molar-refractivity contribution in [3.05, 3.63) is 16.1 Å². The number of carbonyl (C=O) groups excluding carboxylic acids is 1. The van der Waals surface area contributed by atoms with Crippen molar-refractivity contribution in [3.8, 4) is 0 Å². The molecule has 0 radical (unpaired) electrons. The molecule has 2 amide bonds. The predicted octanol–water partition coefficient (Wildman–Crippen LogP) is 1.88. The van der Waals surface area contributed by atoms with Crippen LogP contribution in [0.4, 0.5) is 4.79 Å². The molecule has 2 saturated heterocycles. The van der Waals surface area contributed by atoms with Gasteiger partial charge in [0.25, 0.3) is 0 Å². The van der Waals surface area contributed by atoms with Crippen LogP contribution >= 0.6 is 11.3 Å².